The zero-order chi connectivity index (χ0) is 14.6. The van der Waals surface area contributed by atoms with Gasteiger partial charge in [0.05, 0.1) is 13.8 Å². The van der Waals surface area contributed by atoms with Crippen LogP contribution in [0.15, 0.2) is 42.6 Å². The quantitative estimate of drug-likeness (QED) is 0.729. The van der Waals surface area contributed by atoms with Gasteiger partial charge >= 0.3 is 0 Å². The average molecular weight is 283 g/mol. The molecule has 0 spiro atoms. The maximum Gasteiger partial charge on any atom is 0.0799 e. The fourth-order valence-corrected chi connectivity index (χ4v) is 4.13. The van der Waals surface area contributed by atoms with Crippen LogP contribution in [0.5, 0.6) is 0 Å². The van der Waals surface area contributed by atoms with Gasteiger partial charge in [-0.15, -0.1) is 0 Å². The third-order valence-electron chi connectivity index (χ3n) is 3.67. The summed E-state index contributed by atoms with van der Waals surface area (Å²) in [6.45, 7) is 9.47. The highest BCUT2D eigenvalue weighted by Gasteiger charge is 2.21. The second-order valence-electron chi connectivity index (χ2n) is 6.45. The number of pyridine rings is 1. The standard InChI is InChI=1S/C18H25NSi/c1-5-6-10-16-13-17(15-11-8-7-9-12-15)19-14-18(16)20(2,3)4/h7-9,11-14H,5-6,10H2,1-4H3. The smallest absolute Gasteiger partial charge is 0.0799 e. The van der Waals surface area contributed by atoms with Crippen molar-refractivity contribution in [3.05, 3.63) is 48.2 Å². The van der Waals surface area contributed by atoms with Crippen molar-refractivity contribution in [2.75, 3.05) is 0 Å². The number of unbranched alkanes of at least 4 members (excludes halogenated alkanes) is 1. The summed E-state index contributed by atoms with van der Waals surface area (Å²) in [5.41, 5.74) is 3.84. The van der Waals surface area contributed by atoms with Crippen molar-refractivity contribution in [1.82, 2.24) is 4.98 Å². The summed E-state index contributed by atoms with van der Waals surface area (Å²) >= 11 is 0. The third kappa shape index (κ3) is 3.57. The first-order chi connectivity index (χ1) is 9.52. The van der Waals surface area contributed by atoms with Crippen LogP contribution in [0.1, 0.15) is 25.3 Å². The lowest BCUT2D eigenvalue weighted by Crippen LogP contribution is -2.40. The monoisotopic (exact) mass is 283 g/mol. The summed E-state index contributed by atoms with van der Waals surface area (Å²) in [5, 5.41) is 1.52. The molecule has 0 atom stereocenters. The zero-order valence-electron chi connectivity index (χ0n) is 13.1. The summed E-state index contributed by atoms with van der Waals surface area (Å²) in [6.07, 6.45) is 5.82. The minimum absolute atomic E-state index is 1.11. The van der Waals surface area contributed by atoms with Gasteiger partial charge < -0.3 is 0 Å². The molecule has 0 aliphatic heterocycles. The lowest BCUT2D eigenvalue weighted by Gasteiger charge is -2.21. The van der Waals surface area contributed by atoms with Gasteiger partial charge in [-0.25, -0.2) is 0 Å². The van der Waals surface area contributed by atoms with Crippen molar-refractivity contribution in [3.8, 4) is 11.3 Å². The SMILES string of the molecule is CCCCc1cc(-c2ccccc2)ncc1[Si](C)(C)C. The van der Waals surface area contributed by atoms with E-state index in [0.29, 0.717) is 0 Å². The van der Waals surface area contributed by atoms with Crippen LogP contribution in [-0.2, 0) is 6.42 Å². The molecule has 2 heteroatoms. The Balaban J connectivity index is 2.43. The van der Waals surface area contributed by atoms with Gasteiger partial charge in [-0.1, -0.05) is 63.3 Å². The Kier molecular flexibility index (Phi) is 4.76. The van der Waals surface area contributed by atoms with Gasteiger partial charge in [-0.05, 0) is 29.7 Å². The Morgan fingerprint density at radius 3 is 2.35 bits per heavy atom. The normalized spacial score (nSPS) is 11.6. The molecule has 0 saturated carbocycles. The Morgan fingerprint density at radius 1 is 1.05 bits per heavy atom. The molecule has 0 N–H and O–H groups in total. The largest absolute Gasteiger partial charge is 0.256 e. The van der Waals surface area contributed by atoms with Crippen molar-refractivity contribution in [2.45, 2.75) is 45.8 Å². The Hall–Kier alpha value is -1.41. The lowest BCUT2D eigenvalue weighted by molar-refractivity contribution is 0.796. The molecule has 106 valence electrons. The molecule has 20 heavy (non-hydrogen) atoms. The van der Waals surface area contributed by atoms with Gasteiger partial charge in [0.2, 0.25) is 0 Å². The van der Waals surface area contributed by atoms with Gasteiger partial charge in [0.25, 0.3) is 0 Å². The fourth-order valence-electron chi connectivity index (χ4n) is 2.51. The summed E-state index contributed by atoms with van der Waals surface area (Å²) in [6, 6.07) is 12.8. The molecule has 2 rings (SSSR count). The number of hydrogen-bond acceptors (Lipinski definition) is 1. The highest BCUT2D eigenvalue weighted by atomic mass is 28.3. The van der Waals surface area contributed by atoms with Crippen LogP contribution in [0.25, 0.3) is 11.3 Å². The molecule has 0 saturated heterocycles. The topological polar surface area (TPSA) is 12.9 Å². The summed E-state index contributed by atoms with van der Waals surface area (Å²) < 4.78 is 0. The maximum absolute atomic E-state index is 4.72. The van der Waals surface area contributed by atoms with E-state index < -0.39 is 8.07 Å². The van der Waals surface area contributed by atoms with E-state index in [1.54, 1.807) is 0 Å². The molecule has 0 aliphatic carbocycles. The van der Waals surface area contributed by atoms with E-state index in [9.17, 15) is 0 Å². The van der Waals surface area contributed by atoms with Crippen molar-refractivity contribution in [1.29, 1.82) is 0 Å². The lowest BCUT2D eigenvalue weighted by atomic mass is 10.1. The molecule has 1 heterocycles. The molecular formula is C18H25NSi. The molecule has 1 nitrogen and oxygen atoms in total. The van der Waals surface area contributed by atoms with Crippen molar-refractivity contribution in [3.63, 3.8) is 0 Å². The van der Waals surface area contributed by atoms with E-state index in [0.717, 1.165) is 5.69 Å². The summed E-state index contributed by atoms with van der Waals surface area (Å²) in [5.74, 6) is 0. The van der Waals surface area contributed by atoms with Gasteiger partial charge in [-0.3, -0.25) is 4.98 Å². The van der Waals surface area contributed by atoms with Crippen LogP contribution in [0.4, 0.5) is 0 Å². The molecule has 0 fully saturated rings. The number of rotatable bonds is 5. The zero-order valence-corrected chi connectivity index (χ0v) is 14.1. The van der Waals surface area contributed by atoms with Crippen LogP contribution in [0.3, 0.4) is 0 Å². The van der Waals surface area contributed by atoms with E-state index in [1.807, 2.05) is 0 Å². The average Bonchev–Trinajstić information content (AvgIpc) is 2.44. The van der Waals surface area contributed by atoms with Crippen molar-refractivity contribution < 1.29 is 0 Å². The van der Waals surface area contributed by atoms with E-state index in [-0.39, 0.29) is 0 Å². The molecule has 0 amide bonds. The Bertz CT molecular complexity index is 555. The molecule has 0 radical (unpaired) electrons. The first-order valence-corrected chi connectivity index (χ1v) is 11.1. The van der Waals surface area contributed by atoms with Gasteiger partial charge in [0.1, 0.15) is 0 Å². The molecule has 0 aliphatic rings. The number of hydrogen-bond donors (Lipinski definition) is 0. The Labute approximate surface area is 124 Å². The third-order valence-corrected chi connectivity index (χ3v) is 5.73. The van der Waals surface area contributed by atoms with Gasteiger partial charge in [-0.2, -0.15) is 0 Å². The van der Waals surface area contributed by atoms with Crippen LogP contribution in [0.2, 0.25) is 19.6 Å². The molecule has 0 unspecified atom stereocenters. The number of benzene rings is 1. The van der Waals surface area contributed by atoms with E-state index in [2.05, 4.69) is 69.2 Å². The number of nitrogens with zero attached hydrogens (tertiary/aromatic N) is 1. The van der Waals surface area contributed by atoms with E-state index in [4.69, 9.17) is 4.98 Å². The Morgan fingerprint density at radius 2 is 1.75 bits per heavy atom. The number of aryl methyl sites for hydroxylation is 1. The minimum atomic E-state index is -1.31. The highest BCUT2D eigenvalue weighted by molar-refractivity contribution is 6.89. The molecule has 0 bridgehead atoms. The van der Waals surface area contributed by atoms with E-state index >= 15 is 0 Å². The predicted octanol–water partition coefficient (Wildman–Crippen LogP) is 4.64. The van der Waals surface area contributed by atoms with Crippen molar-refractivity contribution in [2.24, 2.45) is 0 Å². The first kappa shape index (κ1) is 15.0. The predicted molar refractivity (Wildman–Crippen MR) is 91.3 cm³/mol. The van der Waals surface area contributed by atoms with Crippen LogP contribution in [0, 0.1) is 0 Å². The molecule has 2 aromatic rings. The van der Waals surface area contributed by atoms with Gasteiger partial charge in [0.15, 0.2) is 0 Å². The maximum atomic E-state index is 4.72. The van der Waals surface area contributed by atoms with Crippen LogP contribution < -0.4 is 5.19 Å². The fraction of sp³-hybridized carbons (Fsp3) is 0.389. The van der Waals surface area contributed by atoms with E-state index in [1.165, 1.54) is 35.6 Å². The molecule has 1 aromatic carbocycles. The highest BCUT2D eigenvalue weighted by Crippen LogP contribution is 2.19. The van der Waals surface area contributed by atoms with Gasteiger partial charge in [0, 0.05) is 11.8 Å². The number of aromatic nitrogens is 1. The van der Waals surface area contributed by atoms with Crippen molar-refractivity contribution >= 4 is 13.3 Å². The first-order valence-electron chi connectivity index (χ1n) is 7.57. The van der Waals surface area contributed by atoms with Crippen LogP contribution >= 0.6 is 0 Å². The molecule has 1 aromatic heterocycles. The summed E-state index contributed by atoms with van der Waals surface area (Å²) in [7, 11) is -1.31. The second-order valence-corrected chi connectivity index (χ2v) is 11.5. The summed E-state index contributed by atoms with van der Waals surface area (Å²) in [4.78, 5) is 4.72. The molecular weight excluding hydrogens is 258 g/mol. The van der Waals surface area contributed by atoms with Crippen LogP contribution in [-0.4, -0.2) is 13.1 Å². The minimum Gasteiger partial charge on any atom is -0.256 e. The second kappa shape index (κ2) is 6.36.